The second-order valence-corrected chi connectivity index (χ2v) is 9.22. The summed E-state index contributed by atoms with van der Waals surface area (Å²) in [4.78, 5) is -0.00268. The van der Waals surface area contributed by atoms with Crippen molar-refractivity contribution in [1.29, 1.82) is 0 Å². The van der Waals surface area contributed by atoms with E-state index in [-0.39, 0.29) is 15.5 Å². The molecule has 0 aromatic heterocycles. The lowest BCUT2D eigenvalue weighted by Crippen LogP contribution is -2.16. The molecule has 0 spiro atoms. The number of benzene rings is 2. The van der Waals surface area contributed by atoms with Crippen molar-refractivity contribution in [2.24, 2.45) is 5.14 Å². The van der Waals surface area contributed by atoms with Gasteiger partial charge in [-0.3, -0.25) is 4.72 Å². The summed E-state index contributed by atoms with van der Waals surface area (Å²) < 4.78 is 50.5. The predicted molar refractivity (Wildman–Crippen MR) is 98.5 cm³/mol. The Morgan fingerprint density at radius 3 is 2.16 bits per heavy atom. The lowest BCUT2D eigenvalue weighted by molar-refractivity contribution is 0.596. The van der Waals surface area contributed by atoms with Gasteiger partial charge in [-0.2, -0.15) is 0 Å². The summed E-state index contributed by atoms with van der Waals surface area (Å²) in [5.41, 5.74) is 1.65. The van der Waals surface area contributed by atoms with Gasteiger partial charge in [0.15, 0.2) is 0 Å². The molecule has 0 amide bonds. The van der Waals surface area contributed by atoms with Gasteiger partial charge < -0.3 is 0 Å². The highest BCUT2D eigenvalue weighted by atomic mass is 32.2. The van der Waals surface area contributed by atoms with Crippen molar-refractivity contribution in [3.8, 4) is 0 Å². The summed E-state index contributed by atoms with van der Waals surface area (Å²) in [6.07, 6.45) is 0.962. The van der Waals surface area contributed by atoms with Crippen LogP contribution in [0.25, 0.3) is 0 Å². The van der Waals surface area contributed by atoms with Gasteiger partial charge >= 0.3 is 0 Å². The number of nitrogens with one attached hydrogen (secondary N) is 1. The third-order valence-corrected chi connectivity index (χ3v) is 6.57. The van der Waals surface area contributed by atoms with Gasteiger partial charge in [-0.05, 0) is 54.7 Å². The van der Waals surface area contributed by atoms with Gasteiger partial charge in [-0.25, -0.2) is 22.0 Å². The average molecular weight is 383 g/mol. The van der Waals surface area contributed by atoms with E-state index in [1.165, 1.54) is 18.2 Å². The average Bonchev–Trinajstić information content (AvgIpc) is 2.54. The zero-order valence-corrected chi connectivity index (χ0v) is 16.0. The minimum atomic E-state index is -3.93. The molecule has 8 heteroatoms. The van der Waals surface area contributed by atoms with Crippen molar-refractivity contribution >= 4 is 25.7 Å². The zero-order valence-electron chi connectivity index (χ0n) is 14.4. The molecule has 136 valence electrons. The van der Waals surface area contributed by atoms with Crippen LogP contribution >= 0.6 is 0 Å². The molecule has 0 aliphatic rings. The fraction of sp³-hybridized carbons (Fsp3) is 0.294. The summed E-state index contributed by atoms with van der Waals surface area (Å²) in [5.74, 6) is 0.346. The number of primary sulfonamides is 1. The highest BCUT2D eigenvalue weighted by Crippen LogP contribution is 2.24. The van der Waals surface area contributed by atoms with Crippen LogP contribution in [0.3, 0.4) is 0 Å². The molecule has 1 unspecified atom stereocenters. The highest BCUT2D eigenvalue weighted by Gasteiger charge is 2.17. The summed E-state index contributed by atoms with van der Waals surface area (Å²) >= 11 is 0. The fourth-order valence-corrected chi connectivity index (χ4v) is 4.25. The molecule has 0 aliphatic carbocycles. The van der Waals surface area contributed by atoms with Gasteiger partial charge in [0.25, 0.3) is 10.0 Å². The Bertz CT molecular complexity index is 966. The molecule has 6 nitrogen and oxygen atoms in total. The topological polar surface area (TPSA) is 106 Å². The standard InChI is InChI=1S/C17H22N2O4S2/c1-4-12(2)14-6-9-16(10-7-14)25(22,23)19-15-8-5-13(3)17(11-15)24(18,20)21/h5-12,19H,4H2,1-3H3,(H2,18,20,21). The molecular formula is C17H22N2O4S2. The number of rotatable bonds is 6. The Hall–Kier alpha value is -1.90. The van der Waals surface area contributed by atoms with E-state index in [2.05, 4.69) is 18.6 Å². The molecule has 0 radical (unpaired) electrons. The van der Waals surface area contributed by atoms with Crippen molar-refractivity contribution in [2.45, 2.75) is 42.9 Å². The van der Waals surface area contributed by atoms with E-state index >= 15 is 0 Å². The number of sulfonamides is 2. The Labute approximate surface area is 149 Å². The van der Waals surface area contributed by atoms with Crippen LogP contribution in [0, 0.1) is 6.92 Å². The van der Waals surface area contributed by atoms with Crippen molar-refractivity contribution in [3.05, 3.63) is 53.6 Å². The molecule has 0 bridgehead atoms. The van der Waals surface area contributed by atoms with E-state index in [0.717, 1.165) is 12.0 Å². The SMILES string of the molecule is CCC(C)c1ccc(S(=O)(=O)Nc2ccc(C)c(S(N)(=O)=O)c2)cc1. The lowest BCUT2D eigenvalue weighted by atomic mass is 9.99. The van der Waals surface area contributed by atoms with E-state index in [1.807, 2.05) is 0 Å². The largest absolute Gasteiger partial charge is 0.280 e. The van der Waals surface area contributed by atoms with Crippen molar-refractivity contribution in [3.63, 3.8) is 0 Å². The van der Waals surface area contributed by atoms with E-state index < -0.39 is 20.0 Å². The minimum Gasteiger partial charge on any atom is -0.280 e. The first kappa shape index (κ1) is 19.4. The van der Waals surface area contributed by atoms with E-state index in [4.69, 9.17) is 5.14 Å². The molecule has 2 aromatic carbocycles. The lowest BCUT2D eigenvalue weighted by Gasteiger charge is -2.12. The molecule has 1 atom stereocenters. The van der Waals surface area contributed by atoms with E-state index in [1.54, 1.807) is 31.2 Å². The molecule has 0 heterocycles. The number of anilines is 1. The van der Waals surface area contributed by atoms with Gasteiger partial charge in [0, 0.05) is 0 Å². The second-order valence-electron chi connectivity index (χ2n) is 6.01. The van der Waals surface area contributed by atoms with Crippen molar-refractivity contribution in [1.82, 2.24) is 0 Å². The van der Waals surface area contributed by atoms with Gasteiger partial charge in [-0.15, -0.1) is 0 Å². The van der Waals surface area contributed by atoms with Crippen LogP contribution in [0.4, 0.5) is 5.69 Å². The van der Waals surface area contributed by atoms with Crippen LogP contribution in [0.5, 0.6) is 0 Å². The molecule has 0 aliphatic heterocycles. The quantitative estimate of drug-likeness (QED) is 0.801. The third kappa shape index (κ3) is 4.59. The highest BCUT2D eigenvalue weighted by molar-refractivity contribution is 7.92. The van der Waals surface area contributed by atoms with Crippen LogP contribution in [-0.2, 0) is 20.0 Å². The molecular weight excluding hydrogens is 360 g/mol. The Balaban J connectivity index is 2.33. The van der Waals surface area contributed by atoms with Crippen LogP contribution in [0.2, 0.25) is 0 Å². The maximum absolute atomic E-state index is 12.5. The van der Waals surface area contributed by atoms with Gasteiger partial charge in [0.1, 0.15) is 0 Å². The van der Waals surface area contributed by atoms with Crippen molar-refractivity contribution in [2.75, 3.05) is 4.72 Å². The fourth-order valence-electron chi connectivity index (χ4n) is 2.40. The molecule has 25 heavy (non-hydrogen) atoms. The molecule has 2 aromatic rings. The molecule has 0 saturated carbocycles. The van der Waals surface area contributed by atoms with Crippen LogP contribution in [0.1, 0.15) is 37.3 Å². The van der Waals surface area contributed by atoms with E-state index in [0.29, 0.717) is 11.5 Å². The van der Waals surface area contributed by atoms with Crippen LogP contribution in [-0.4, -0.2) is 16.8 Å². The number of hydrogen-bond donors (Lipinski definition) is 2. The monoisotopic (exact) mass is 382 g/mol. The first-order valence-corrected chi connectivity index (χ1v) is 10.8. The van der Waals surface area contributed by atoms with Gasteiger partial charge in [0.2, 0.25) is 10.0 Å². The number of nitrogens with two attached hydrogens (primary N) is 1. The molecule has 0 fully saturated rings. The third-order valence-electron chi connectivity index (χ3n) is 4.12. The molecule has 0 saturated heterocycles. The van der Waals surface area contributed by atoms with E-state index in [9.17, 15) is 16.8 Å². The predicted octanol–water partition coefficient (Wildman–Crippen LogP) is 2.96. The Morgan fingerprint density at radius 2 is 1.64 bits per heavy atom. The maximum Gasteiger partial charge on any atom is 0.261 e. The number of aryl methyl sites for hydroxylation is 1. The maximum atomic E-state index is 12.5. The normalized spacial score (nSPS) is 13.4. The van der Waals surface area contributed by atoms with Gasteiger partial charge in [-0.1, -0.05) is 32.0 Å². The van der Waals surface area contributed by atoms with Gasteiger partial charge in [0.05, 0.1) is 15.5 Å². The van der Waals surface area contributed by atoms with Crippen LogP contribution < -0.4 is 9.86 Å². The smallest absolute Gasteiger partial charge is 0.261 e. The zero-order chi connectivity index (χ0) is 18.8. The van der Waals surface area contributed by atoms with Crippen molar-refractivity contribution < 1.29 is 16.8 Å². The molecule has 2 rings (SSSR count). The minimum absolute atomic E-state index is 0.109. The summed E-state index contributed by atoms with van der Waals surface area (Å²) in [5, 5.41) is 5.15. The Morgan fingerprint density at radius 1 is 1.04 bits per heavy atom. The summed E-state index contributed by atoms with van der Waals surface area (Å²) in [7, 11) is -7.75. The van der Waals surface area contributed by atoms with Crippen LogP contribution in [0.15, 0.2) is 52.3 Å². The molecule has 3 N–H and O–H groups in total. The first-order chi connectivity index (χ1) is 11.5. The summed E-state index contributed by atoms with van der Waals surface area (Å²) in [6, 6.07) is 10.9. The summed E-state index contributed by atoms with van der Waals surface area (Å²) in [6.45, 7) is 5.73. The Kier molecular flexibility index (Phi) is 5.55. The first-order valence-electron chi connectivity index (χ1n) is 7.81. The number of hydrogen-bond acceptors (Lipinski definition) is 4. The second kappa shape index (κ2) is 7.15.